The maximum absolute atomic E-state index is 13.7. The quantitative estimate of drug-likeness (QED) is 0.783. The third-order valence-electron chi connectivity index (χ3n) is 3.37. The zero-order valence-electron chi connectivity index (χ0n) is 11.2. The van der Waals surface area contributed by atoms with E-state index in [1.807, 2.05) is 13.0 Å². The van der Waals surface area contributed by atoms with Crippen LogP contribution >= 0.6 is 0 Å². The van der Waals surface area contributed by atoms with Gasteiger partial charge in [0.2, 0.25) is 0 Å². The molecule has 1 aromatic rings. The van der Waals surface area contributed by atoms with Gasteiger partial charge >= 0.3 is 0 Å². The molecule has 1 aliphatic rings. The van der Waals surface area contributed by atoms with Crippen molar-refractivity contribution in [3.8, 4) is 5.75 Å². The van der Waals surface area contributed by atoms with Crippen molar-refractivity contribution >= 4 is 5.69 Å². The topological polar surface area (TPSA) is 21.3 Å². The summed E-state index contributed by atoms with van der Waals surface area (Å²) in [7, 11) is 0. The molecule has 0 heterocycles. The van der Waals surface area contributed by atoms with E-state index in [9.17, 15) is 4.39 Å². The maximum atomic E-state index is 13.7. The van der Waals surface area contributed by atoms with Crippen molar-refractivity contribution < 1.29 is 9.13 Å². The molecular formula is C15H22FNO. The highest BCUT2D eigenvalue weighted by molar-refractivity contribution is 5.48. The van der Waals surface area contributed by atoms with Gasteiger partial charge in [0.25, 0.3) is 0 Å². The Morgan fingerprint density at radius 2 is 2.17 bits per heavy atom. The van der Waals surface area contributed by atoms with Gasteiger partial charge in [-0.25, -0.2) is 4.39 Å². The van der Waals surface area contributed by atoms with Gasteiger partial charge in [0, 0.05) is 17.8 Å². The highest BCUT2D eigenvalue weighted by atomic mass is 19.1. The summed E-state index contributed by atoms with van der Waals surface area (Å²) in [6.07, 6.45) is 4.92. The maximum Gasteiger partial charge on any atom is 0.167 e. The fourth-order valence-electron chi connectivity index (χ4n) is 2.31. The molecule has 0 spiro atoms. The lowest BCUT2D eigenvalue weighted by Gasteiger charge is -2.19. The predicted octanol–water partition coefficient (Wildman–Crippen LogP) is 4.22. The molecule has 100 valence electrons. The summed E-state index contributed by atoms with van der Waals surface area (Å²) in [6, 6.07) is 5.64. The summed E-state index contributed by atoms with van der Waals surface area (Å²) in [5, 5.41) is 3.46. The molecule has 3 heteroatoms. The second-order valence-corrected chi connectivity index (χ2v) is 4.96. The summed E-state index contributed by atoms with van der Waals surface area (Å²) in [6.45, 7) is 4.54. The number of anilines is 1. The first kappa shape index (κ1) is 13.2. The lowest BCUT2D eigenvalue weighted by molar-refractivity contribution is 0.321. The molecule has 1 N–H and O–H groups in total. The Kier molecular flexibility index (Phi) is 4.45. The molecular weight excluding hydrogens is 229 g/mol. The van der Waals surface area contributed by atoms with E-state index < -0.39 is 0 Å². The van der Waals surface area contributed by atoms with Crippen molar-refractivity contribution in [1.29, 1.82) is 0 Å². The Bertz CT molecular complexity index is 390. The zero-order valence-corrected chi connectivity index (χ0v) is 11.2. The van der Waals surface area contributed by atoms with E-state index in [-0.39, 0.29) is 5.82 Å². The number of benzene rings is 1. The molecule has 1 aromatic carbocycles. The lowest BCUT2D eigenvalue weighted by atomic mass is 10.1. The predicted molar refractivity (Wildman–Crippen MR) is 72.6 cm³/mol. The van der Waals surface area contributed by atoms with Gasteiger partial charge in [-0.15, -0.1) is 0 Å². The number of nitrogens with one attached hydrogen (secondary N) is 1. The Morgan fingerprint density at radius 1 is 1.39 bits per heavy atom. The largest absolute Gasteiger partial charge is 0.491 e. The second kappa shape index (κ2) is 6.07. The second-order valence-electron chi connectivity index (χ2n) is 4.96. The third kappa shape index (κ3) is 3.37. The van der Waals surface area contributed by atoms with Gasteiger partial charge in [-0.3, -0.25) is 0 Å². The zero-order chi connectivity index (χ0) is 13.0. The van der Waals surface area contributed by atoms with Gasteiger partial charge in [0.15, 0.2) is 11.6 Å². The summed E-state index contributed by atoms with van der Waals surface area (Å²) < 4.78 is 18.9. The number of rotatable bonds is 7. The number of ether oxygens (including phenoxy) is 1. The molecule has 0 bridgehead atoms. The van der Waals surface area contributed by atoms with Crippen LogP contribution in [0.3, 0.4) is 0 Å². The molecule has 1 unspecified atom stereocenters. The average Bonchev–Trinajstić information content (AvgIpc) is 3.16. The summed E-state index contributed by atoms with van der Waals surface area (Å²) in [5.41, 5.74) is 0.862. The Hall–Kier alpha value is -1.25. The summed E-state index contributed by atoms with van der Waals surface area (Å²) in [5.74, 6) is 0.828. The minimum absolute atomic E-state index is 0.284. The molecule has 1 aliphatic carbocycles. The fraction of sp³-hybridized carbons (Fsp3) is 0.600. The first-order valence-electron chi connectivity index (χ1n) is 6.93. The SMILES string of the molecule is CCCC(Nc1ccc(OCC)c(F)c1)C1CC1. The van der Waals surface area contributed by atoms with Crippen LogP contribution < -0.4 is 10.1 Å². The van der Waals surface area contributed by atoms with Gasteiger partial charge in [-0.1, -0.05) is 13.3 Å². The van der Waals surface area contributed by atoms with Crippen LogP contribution in [-0.2, 0) is 0 Å². The summed E-state index contributed by atoms with van der Waals surface area (Å²) >= 11 is 0. The minimum atomic E-state index is -0.284. The fourth-order valence-corrected chi connectivity index (χ4v) is 2.31. The monoisotopic (exact) mass is 251 g/mol. The Morgan fingerprint density at radius 3 is 2.72 bits per heavy atom. The van der Waals surface area contributed by atoms with Gasteiger partial charge in [0.1, 0.15) is 0 Å². The summed E-state index contributed by atoms with van der Waals surface area (Å²) in [4.78, 5) is 0. The highest BCUT2D eigenvalue weighted by Crippen LogP contribution is 2.36. The van der Waals surface area contributed by atoms with Crippen molar-refractivity contribution in [3.63, 3.8) is 0 Å². The molecule has 0 radical (unpaired) electrons. The van der Waals surface area contributed by atoms with Gasteiger partial charge < -0.3 is 10.1 Å². The van der Waals surface area contributed by atoms with Crippen LogP contribution in [0, 0.1) is 11.7 Å². The smallest absolute Gasteiger partial charge is 0.167 e. The molecule has 2 nitrogen and oxygen atoms in total. The molecule has 1 saturated carbocycles. The number of halogens is 1. The molecule has 0 aliphatic heterocycles. The first-order valence-corrected chi connectivity index (χ1v) is 6.93. The highest BCUT2D eigenvalue weighted by Gasteiger charge is 2.30. The van der Waals surface area contributed by atoms with Gasteiger partial charge in [0.05, 0.1) is 6.61 Å². The third-order valence-corrected chi connectivity index (χ3v) is 3.37. The van der Waals surface area contributed by atoms with E-state index in [2.05, 4.69) is 12.2 Å². The molecule has 0 amide bonds. The van der Waals surface area contributed by atoms with Gasteiger partial charge in [-0.2, -0.15) is 0 Å². The van der Waals surface area contributed by atoms with E-state index in [1.165, 1.54) is 18.9 Å². The van der Waals surface area contributed by atoms with E-state index >= 15 is 0 Å². The van der Waals surface area contributed by atoms with Crippen LogP contribution in [0.25, 0.3) is 0 Å². The van der Waals surface area contributed by atoms with E-state index in [0.29, 0.717) is 18.4 Å². The van der Waals surface area contributed by atoms with Crippen LogP contribution in [0.5, 0.6) is 5.75 Å². The molecule has 1 fully saturated rings. The van der Waals surface area contributed by atoms with E-state index in [4.69, 9.17) is 4.74 Å². The standard InChI is InChI=1S/C15H22FNO/c1-3-5-14(11-6-7-11)17-12-8-9-15(18-4-2)13(16)10-12/h8-11,14,17H,3-7H2,1-2H3. The van der Waals surface area contributed by atoms with Crippen LogP contribution in [0.15, 0.2) is 18.2 Å². The molecule has 1 atom stereocenters. The Labute approximate surface area is 109 Å². The number of hydrogen-bond acceptors (Lipinski definition) is 2. The normalized spacial score (nSPS) is 16.4. The van der Waals surface area contributed by atoms with Crippen molar-refractivity contribution in [2.45, 2.75) is 45.6 Å². The van der Waals surface area contributed by atoms with E-state index in [0.717, 1.165) is 24.4 Å². The minimum Gasteiger partial charge on any atom is -0.491 e. The lowest BCUT2D eigenvalue weighted by Crippen LogP contribution is -2.21. The van der Waals surface area contributed by atoms with Crippen LogP contribution in [0.1, 0.15) is 39.5 Å². The van der Waals surface area contributed by atoms with Crippen LogP contribution in [0.4, 0.5) is 10.1 Å². The molecule has 0 saturated heterocycles. The van der Waals surface area contributed by atoms with Crippen LogP contribution in [0.2, 0.25) is 0 Å². The van der Waals surface area contributed by atoms with Crippen molar-refractivity contribution in [2.24, 2.45) is 5.92 Å². The van der Waals surface area contributed by atoms with Crippen molar-refractivity contribution in [1.82, 2.24) is 0 Å². The van der Waals surface area contributed by atoms with Crippen molar-refractivity contribution in [3.05, 3.63) is 24.0 Å². The van der Waals surface area contributed by atoms with E-state index in [1.54, 1.807) is 6.07 Å². The molecule has 2 rings (SSSR count). The first-order chi connectivity index (χ1) is 8.74. The van der Waals surface area contributed by atoms with Crippen molar-refractivity contribution in [2.75, 3.05) is 11.9 Å². The van der Waals surface area contributed by atoms with Crippen LogP contribution in [-0.4, -0.2) is 12.6 Å². The molecule has 0 aromatic heterocycles. The number of hydrogen-bond donors (Lipinski definition) is 1. The average molecular weight is 251 g/mol. The Balaban J connectivity index is 2.01. The van der Waals surface area contributed by atoms with Gasteiger partial charge in [-0.05, 0) is 44.2 Å². The molecule has 18 heavy (non-hydrogen) atoms.